The van der Waals surface area contributed by atoms with Crippen LogP contribution in [0.5, 0.6) is 11.5 Å². The number of halogens is 1. The van der Waals surface area contributed by atoms with Gasteiger partial charge in [0, 0.05) is 17.6 Å². The lowest BCUT2D eigenvalue weighted by atomic mass is 10.00. The van der Waals surface area contributed by atoms with Crippen molar-refractivity contribution in [3.05, 3.63) is 124 Å². The van der Waals surface area contributed by atoms with Crippen molar-refractivity contribution in [3.63, 3.8) is 0 Å². The van der Waals surface area contributed by atoms with Gasteiger partial charge in [-0.15, -0.1) is 0 Å². The van der Waals surface area contributed by atoms with Gasteiger partial charge in [0.1, 0.15) is 17.5 Å². The number of methoxy groups -OCH3 is 2. The first-order valence-corrected chi connectivity index (χ1v) is 12.9. The standard InChI is InChI=1S/C32H31ClN2O4/c1-22-9-7-8-12-25(22)21-35(30(36)19-23-10-5-4-6-11-23)31(24-13-15-26(33)16-14-24)32(37)34-28-18-17-27(38-2)20-29(28)39-3/h4-18,20,31H,19,21H2,1-3H3,(H,34,37). The highest BCUT2D eigenvalue weighted by Crippen LogP contribution is 2.32. The quantitative estimate of drug-likeness (QED) is 0.244. The van der Waals surface area contributed by atoms with E-state index in [0.717, 1.165) is 16.7 Å². The zero-order valence-corrected chi connectivity index (χ0v) is 22.9. The Bertz CT molecular complexity index is 1420. The molecule has 7 heteroatoms. The minimum Gasteiger partial charge on any atom is -0.497 e. The van der Waals surface area contributed by atoms with Crippen molar-refractivity contribution in [2.45, 2.75) is 25.9 Å². The molecule has 4 aromatic carbocycles. The van der Waals surface area contributed by atoms with E-state index in [1.54, 1.807) is 54.5 Å². The Morgan fingerprint density at radius 2 is 1.56 bits per heavy atom. The third-order valence-corrected chi connectivity index (χ3v) is 6.78. The van der Waals surface area contributed by atoms with Crippen LogP contribution in [0.1, 0.15) is 28.3 Å². The second-order valence-electron chi connectivity index (χ2n) is 9.12. The van der Waals surface area contributed by atoms with Crippen molar-refractivity contribution >= 4 is 29.1 Å². The SMILES string of the molecule is COc1ccc(NC(=O)C(c2ccc(Cl)cc2)N(Cc2ccccc2C)C(=O)Cc2ccccc2)c(OC)c1. The molecule has 4 rings (SSSR count). The van der Waals surface area contributed by atoms with Crippen molar-refractivity contribution in [1.82, 2.24) is 4.90 Å². The summed E-state index contributed by atoms with van der Waals surface area (Å²) < 4.78 is 10.8. The van der Waals surface area contributed by atoms with Crippen LogP contribution in [0.15, 0.2) is 97.1 Å². The minimum atomic E-state index is -0.940. The van der Waals surface area contributed by atoms with Crippen molar-refractivity contribution in [2.24, 2.45) is 0 Å². The smallest absolute Gasteiger partial charge is 0.251 e. The summed E-state index contributed by atoms with van der Waals surface area (Å²) >= 11 is 6.18. The van der Waals surface area contributed by atoms with Gasteiger partial charge in [-0.3, -0.25) is 9.59 Å². The van der Waals surface area contributed by atoms with Crippen LogP contribution in [-0.2, 0) is 22.6 Å². The van der Waals surface area contributed by atoms with Gasteiger partial charge in [0.25, 0.3) is 5.91 Å². The molecule has 0 aliphatic rings. The summed E-state index contributed by atoms with van der Waals surface area (Å²) in [6.45, 7) is 2.24. The molecule has 0 aliphatic carbocycles. The monoisotopic (exact) mass is 542 g/mol. The molecule has 39 heavy (non-hydrogen) atoms. The van der Waals surface area contributed by atoms with Gasteiger partial charge in [-0.2, -0.15) is 0 Å². The number of ether oxygens (including phenoxy) is 2. The van der Waals surface area contributed by atoms with Gasteiger partial charge in [-0.05, 0) is 53.4 Å². The Morgan fingerprint density at radius 3 is 2.23 bits per heavy atom. The fourth-order valence-electron chi connectivity index (χ4n) is 4.39. The first-order valence-electron chi connectivity index (χ1n) is 12.6. The van der Waals surface area contributed by atoms with Crippen LogP contribution in [0.2, 0.25) is 5.02 Å². The molecule has 0 fully saturated rings. The average Bonchev–Trinajstić information content (AvgIpc) is 2.95. The van der Waals surface area contributed by atoms with Crippen LogP contribution in [-0.4, -0.2) is 30.9 Å². The molecule has 1 N–H and O–H groups in total. The molecule has 0 spiro atoms. The van der Waals surface area contributed by atoms with Gasteiger partial charge in [-0.25, -0.2) is 0 Å². The Labute approximate surface area is 234 Å². The molecular weight excluding hydrogens is 512 g/mol. The minimum absolute atomic E-state index is 0.149. The number of hydrogen-bond donors (Lipinski definition) is 1. The summed E-state index contributed by atoms with van der Waals surface area (Å²) in [4.78, 5) is 29.7. The lowest BCUT2D eigenvalue weighted by Crippen LogP contribution is -2.41. The van der Waals surface area contributed by atoms with Crippen LogP contribution in [0, 0.1) is 6.92 Å². The lowest BCUT2D eigenvalue weighted by molar-refractivity contribution is -0.139. The molecule has 0 bridgehead atoms. The predicted molar refractivity (Wildman–Crippen MR) is 154 cm³/mol. The lowest BCUT2D eigenvalue weighted by Gasteiger charge is -2.32. The molecule has 0 saturated heterocycles. The highest BCUT2D eigenvalue weighted by Gasteiger charge is 2.32. The number of nitrogens with zero attached hydrogens (tertiary/aromatic N) is 1. The molecule has 0 radical (unpaired) electrons. The number of carbonyl (C=O) groups is 2. The van der Waals surface area contributed by atoms with Crippen LogP contribution >= 0.6 is 11.6 Å². The van der Waals surface area contributed by atoms with Crippen LogP contribution < -0.4 is 14.8 Å². The molecule has 0 heterocycles. The van der Waals surface area contributed by atoms with Gasteiger partial charge >= 0.3 is 0 Å². The molecule has 2 amide bonds. The normalized spacial score (nSPS) is 11.4. The first-order chi connectivity index (χ1) is 18.9. The van der Waals surface area contributed by atoms with Gasteiger partial charge < -0.3 is 19.7 Å². The molecule has 6 nitrogen and oxygen atoms in total. The van der Waals surface area contributed by atoms with E-state index in [2.05, 4.69) is 5.32 Å². The molecule has 200 valence electrons. The van der Waals surface area contributed by atoms with Crippen LogP contribution in [0.25, 0.3) is 0 Å². The maximum absolute atomic E-state index is 14.1. The number of nitrogens with one attached hydrogen (secondary N) is 1. The predicted octanol–water partition coefficient (Wildman–Crippen LogP) is 6.62. The van der Waals surface area contributed by atoms with Gasteiger partial charge in [-0.1, -0.05) is 78.3 Å². The number of rotatable bonds is 10. The van der Waals surface area contributed by atoms with E-state index in [-0.39, 0.29) is 24.8 Å². The highest BCUT2D eigenvalue weighted by molar-refractivity contribution is 6.30. The summed E-state index contributed by atoms with van der Waals surface area (Å²) in [6, 6.07) is 28.6. The summed E-state index contributed by atoms with van der Waals surface area (Å²) in [6.07, 6.45) is 0.149. The van der Waals surface area contributed by atoms with E-state index in [1.807, 2.05) is 61.5 Å². The zero-order valence-electron chi connectivity index (χ0n) is 22.2. The van der Waals surface area contributed by atoms with E-state index in [4.69, 9.17) is 21.1 Å². The highest BCUT2D eigenvalue weighted by atomic mass is 35.5. The molecule has 4 aromatic rings. The topological polar surface area (TPSA) is 67.9 Å². The van der Waals surface area contributed by atoms with E-state index in [9.17, 15) is 9.59 Å². The summed E-state index contributed by atoms with van der Waals surface area (Å²) in [7, 11) is 3.08. The molecular formula is C32H31ClN2O4. The molecule has 0 aliphatic heterocycles. The van der Waals surface area contributed by atoms with E-state index < -0.39 is 6.04 Å². The fraction of sp³-hybridized carbons (Fsp3) is 0.188. The second kappa shape index (κ2) is 13.0. The number of carbonyl (C=O) groups excluding carboxylic acids is 2. The summed E-state index contributed by atoms with van der Waals surface area (Å²) in [5, 5.41) is 3.52. The second-order valence-corrected chi connectivity index (χ2v) is 9.56. The third-order valence-electron chi connectivity index (χ3n) is 6.53. The first kappa shape index (κ1) is 27.7. The Balaban J connectivity index is 1.77. The number of amides is 2. The average molecular weight is 543 g/mol. The summed E-state index contributed by atoms with van der Waals surface area (Å²) in [5.74, 6) is 0.481. The zero-order chi connectivity index (χ0) is 27.8. The largest absolute Gasteiger partial charge is 0.497 e. The van der Waals surface area contributed by atoms with Crippen molar-refractivity contribution < 1.29 is 19.1 Å². The van der Waals surface area contributed by atoms with Crippen molar-refractivity contribution in [3.8, 4) is 11.5 Å². The maximum atomic E-state index is 14.1. The van der Waals surface area contributed by atoms with Crippen molar-refractivity contribution in [2.75, 3.05) is 19.5 Å². The third kappa shape index (κ3) is 6.98. The fourth-order valence-corrected chi connectivity index (χ4v) is 4.51. The Morgan fingerprint density at radius 1 is 0.872 bits per heavy atom. The van der Waals surface area contributed by atoms with E-state index >= 15 is 0 Å². The van der Waals surface area contributed by atoms with E-state index in [1.165, 1.54) is 7.11 Å². The molecule has 1 atom stereocenters. The summed E-state index contributed by atoms with van der Waals surface area (Å²) in [5.41, 5.74) is 3.95. The van der Waals surface area contributed by atoms with Crippen LogP contribution in [0.3, 0.4) is 0 Å². The number of anilines is 1. The number of hydrogen-bond acceptors (Lipinski definition) is 4. The maximum Gasteiger partial charge on any atom is 0.251 e. The van der Waals surface area contributed by atoms with Crippen molar-refractivity contribution in [1.29, 1.82) is 0 Å². The number of benzene rings is 4. The van der Waals surface area contributed by atoms with Gasteiger partial charge in [0.15, 0.2) is 0 Å². The molecule has 0 saturated carbocycles. The Hall–Kier alpha value is -4.29. The van der Waals surface area contributed by atoms with E-state index in [0.29, 0.717) is 27.8 Å². The number of aryl methyl sites for hydroxylation is 1. The molecule has 1 unspecified atom stereocenters. The van der Waals surface area contributed by atoms with Gasteiger partial charge in [0.2, 0.25) is 5.91 Å². The van der Waals surface area contributed by atoms with Crippen LogP contribution in [0.4, 0.5) is 5.69 Å². The van der Waals surface area contributed by atoms with Gasteiger partial charge in [0.05, 0.1) is 26.3 Å². The molecule has 0 aromatic heterocycles. The Kier molecular flexibility index (Phi) is 9.23.